The molecule has 0 atom stereocenters. The molecule has 0 aromatic carbocycles. The van der Waals surface area contributed by atoms with Gasteiger partial charge in [-0.15, -0.1) is 0 Å². The fraction of sp³-hybridized carbons (Fsp3) is 0.917. The van der Waals surface area contributed by atoms with E-state index in [1.165, 1.54) is 38.8 Å². The zero-order chi connectivity index (χ0) is 20.7. The molecular formula is C24H44N2O2. The third-order valence-electron chi connectivity index (χ3n) is 7.65. The van der Waals surface area contributed by atoms with E-state index in [0.29, 0.717) is 23.3 Å². The van der Waals surface area contributed by atoms with E-state index in [4.69, 9.17) is 0 Å². The summed E-state index contributed by atoms with van der Waals surface area (Å²) in [6.07, 6.45) is 11.0. The number of piperidine rings is 1. The Morgan fingerprint density at radius 3 is 1.86 bits per heavy atom. The summed E-state index contributed by atoms with van der Waals surface area (Å²) in [4.78, 5) is 26.8. The molecule has 0 radical (unpaired) electrons. The molecule has 1 heterocycles. The number of carbonyl (C=O) groups excluding carboxylic acids is 2. The molecule has 0 aromatic heterocycles. The van der Waals surface area contributed by atoms with Crippen molar-refractivity contribution < 1.29 is 9.59 Å². The summed E-state index contributed by atoms with van der Waals surface area (Å²) in [6, 6.07) is 0.954. The van der Waals surface area contributed by atoms with Crippen molar-refractivity contribution in [2.45, 2.75) is 111 Å². The average molecular weight is 393 g/mol. The maximum Gasteiger partial charge on any atom is 0.223 e. The van der Waals surface area contributed by atoms with Gasteiger partial charge in [0.1, 0.15) is 5.78 Å². The predicted molar refractivity (Wildman–Crippen MR) is 116 cm³/mol. The van der Waals surface area contributed by atoms with E-state index in [1.54, 1.807) is 6.92 Å². The number of hydrogen-bond acceptors (Lipinski definition) is 3. The molecule has 4 heteroatoms. The molecule has 4 nitrogen and oxygen atoms in total. The van der Waals surface area contributed by atoms with Crippen molar-refractivity contribution in [1.29, 1.82) is 0 Å². The number of hydrogen-bond donors (Lipinski definition) is 1. The van der Waals surface area contributed by atoms with Crippen LogP contribution in [-0.2, 0) is 9.59 Å². The van der Waals surface area contributed by atoms with Crippen LogP contribution in [-0.4, -0.2) is 41.8 Å². The Bertz CT molecular complexity index is 491. The Hall–Kier alpha value is -0.900. The molecule has 0 unspecified atom stereocenters. The standard InChI is InChI=1S/C22H38N2O2.C2H6/c1-16(2)24-14-12-22(13-15-24)10-8-19(9-11-22)21(26)23-20-6-4-18(5-7-20)17(3)25;1-2/h16,18-20H,4-15H2,1-3H3,(H,23,26);1-2H3. The number of carbonyl (C=O) groups is 2. The van der Waals surface area contributed by atoms with Gasteiger partial charge in [-0.3, -0.25) is 9.59 Å². The number of amides is 1. The molecule has 1 amide bonds. The zero-order valence-electron chi connectivity index (χ0n) is 19.1. The van der Waals surface area contributed by atoms with Crippen molar-refractivity contribution >= 4 is 11.7 Å². The minimum Gasteiger partial charge on any atom is -0.353 e. The van der Waals surface area contributed by atoms with Crippen LogP contribution in [0.4, 0.5) is 0 Å². The topological polar surface area (TPSA) is 49.4 Å². The normalized spacial score (nSPS) is 28.5. The molecule has 2 aliphatic carbocycles. The lowest BCUT2D eigenvalue weighted by molar-refractivity contribution is -0.128. The Morgan fingerprint density at radius 1 is 0.857 bits per heavy atom. The Kier molecular flexibility index (Phi) is 8.98. The smallest absolute Gasteiger partial charge is 0.223 e. The second-order valence-electron chi connectivity index (χ2n) is 9.57. The minimum atomic E-state index is 0.217. The summed E-state index contributed by atoms with van der Waals surface area (Å²) in [5.74, 6) is 1.05. The molecule has 3 fully saturated rings. The summed E-state index contributed by atoms with van der Waals surface area (Å²) in [7, 11) is 0. The lowest BCUT2D eigenvalue weighted by Crippen LogP contribution is -2.47. The van der Waals surface area contributed by atoms with E-state index in [1.807, 2.05) is 13.8 Å². The molecule has 1 spiro atoms. The molecular weight excluding hydrogens is 348 g/mol. The van der Waals surface area contributed by atoms with E-state index in [9.17, 15) is 9.59 Å². The molecule has 0 aromatic rings. The fourth-order valence-corrected chi connectivity index (χ4v) is 5.47. The van der Waals surface area contributed by atoms with Gasteiger partial charge in [0.15, 0.2) is 0 Å². The molecule has 162 valence electrons. The Morgan fingerprint density at radius 2 is 1.39 bits per heavy atom. The maximum atomic E-state index is 12.7. The summed E-state index contributed by atoms with van der Waals surface area (Å²) < 4.78 is 0. The van der Waals surface area contributed by atoms with Crippen LogP contribution in [0.1, 0.15) is 98.8 Å². The number of ketones is 1. The second kappa shape index (κ2) is 10.8. The van der Waals surface area contributed by atoms with Crippen LogP contribution < -0.4 is 5.32 Å². The largest absolute Gasteiger partial charge is 0.353 e. The highest BCUT2D eigenvalue weighted by Gasteiger charge is 2.40. The van der Waals surface area contributed by atoms with Crippen LogP contribution in [0.3, 0.4) is 0 Å². The lowest BCUT2D eigenvalue weighted by atomic mass is 9.65. The van der Waals surface area contributed by atoms with Crippen molar-refractivity contribution in [2.24, 2.45) is 17.3 Å². The van der Waals surface area contributed by atoms with E-state index in [0.717, 1.165) is 38.5 Å². The van der Waals surface area contributed by atoms with Crippen LogP contribution >= 0.6 is 0 Å². The highest BCUT2D eigenvalue weighted by molar-refractivity contribution is 5.79. The van der Waals surface area contributed by atoms with Crippen molar-refractivity contribution in [2.75, 3.05) is 13.1 Å². The highest BCUT2D eigenvalue weighted by Crippen LogP contribution is 2.46. The molecule has 3 aliphatic rings. The first-order valence-electron chi connectivity index (χ1n) is 11.9. The van der Waals surface area contributed by atoms with Crippen LogP contribution in [0.15, 0.2) is 0 Å². The Balaban J connectivity index is 0.00000136. The van der Waals surface area contributed by atoms with Gasteiger partial charge in [0, 0.05) is 23.9 Å². The first-order chi connectivity index (χ1) is 13.4. The maximum absolute atomic E-state index is 12.7. The van der Waals surface area contributed by atoms with E-state index >= 15 is 0 Å². The quantitative estimate of drug-likeness (QED) is 0.736. The molecule has 1 N–H and O–H groups in total. The monoisotopic (exact) mass is 392 g/mol. The van der Waals surface area contributed by atoms with Crippen LogP contribution in [0.5, 0.6) is 0 Å². The predicted octanol–water partition coefficient (Wildman–Crippen LogP) is 4.96. The van der Waals surface area contributed by atoms with Gasteiger partial charge in [0.2, 0.25) is 5.91 Å². The van der Waals surface area contributed by atoms with Gasteiger partial charge >= 0.3 is 0 Å². The average Bonchev–Trinajstić information content (AvgIpc) is 2.71. The summed E-state index contributed by atoms with van der Waals surface area (Å²) in [6.45, 7) is 12.8. The third kappa shape index (κ3) is 6.05. The van der Waals surface area contributed by atoms with Gasteiger partial charge in [0.25, 0.3) is 0 Å². The fourth-order valence-electron chi connectivity index (χ4n) is 5.47. The third-order valence-corrected chi connectivity index (χ3v) is 7.65. The molecule has 1 saturated heterocycles. The van der Waals surface area contributed by atoms with Gasteiger partial charge in [-0.25, -0.2) is 0 Å². The molecule has 0 bridgehead atoms. The van der Waals surface area contributed by atoms with Gasteiger partial charge < -0.3 is 10.2 Å². The minimum absolute atomic E-state index is 0.217. The molecule has 3 rings (SSSR count). The SMILES string of the molecule is CC.CC(=O)C1CCC(NC(=O)C2CCC3(CC2)CCN(C(C)C)CC3)CC1. The van der Waals surface area contributed by atoms with E-state index in [2.05, 4.69) is 24.1 Å². The van der Waals surface area contributed by atoms with E-state index in [-0.39, 0.29) is 17.7 Å². The first kappa shape index (κ1) is 23.4. The second-order valence-corrected chi connectivity index (χ2v) is 9.57. The number of likely N-dealkylation sites (tertiary alicyclic amines) is 1. The van der Waals surface area contributed by atoms with Gasteiger partial charge in [-0.1, -0.05) is 13.8 Å². The number of nitrogens with one attached hydrogen (secondary N) is 1. The van der Waals surface area contributed by atoms with Crippen LogP contribution in [0.25, 0.3) is 0 Å². The molecule has 1 aliphatic heterocycles. The highest BCUT2D eigenvalue weighted by atomic mass is 16.2. The number of nitrogens with zero attached hydrogens (tertiary/aromatic N) is 1. The van der Waals surface area contributed by atoms with Crippen LogP contribution in [0.2, 0.25) is 0 Å². The van der Waals surface area contributed by atoms with Crippen molar-refractivity contribution in [3.05, 3.63) is 0 Å². The summed E-state index contributed by atoms with van der Waals surface area (Å²) in [5.41, 5.74) is 0.516. The number of rotatable bonds is 4. The Labute approximate surface area is 173 Å². The van der Waals surface area contributed by atoms with Gasteiger partial charge in [-0.05, 0) is 103 Å². The van der Waals surface area contributed by atoms with Gasteiger partial charge in [-0.2, -0.15) is 0 Å². The number of Topliss-reactive ketones (excluding diaryl/α,β-unsaturated/α-hetero) is 1. The van der Waals surface area contributed by atoms with Gasteiger partial charge in [0.05, 0.1) is 0 Å². The van der Waals surface area contributed by atoms with E-state index < -0.39 is 0 Å². The van der Waals surface area contributed by atoms with Crippen molar-refractivity contribution in [3.63, 3.8) is 0 Å². The lowest BCUT2D eigenvalue weighted by Gasteiger charge is -2.47. The molecule has 28 heavy (non-hydrogen) atoms. The van der Waals surface area contributed by atoms with Crippen molar-refractivity contribution in [3.8, 4) is 0 Å². The zero-order valence-corrected chi connectivity index (χ0v) is 19.1. The van der Waals surface area contributed by atoms with Crippen LogP contribution in [0, 0.1) is 17.3 Å². The molecule has 2 saturated carbocycles. The van der Waals surface area contributed by atoms with Crippen molar-refractivity contribution in [1.82, 2.24) is 10.2 Å². The first-order valence-corrected chi connectivity index (χ1v) is 11.9. The summed E-state index contributed by atoms with van der Waals surface area (Å²) in [5, 5.41) is 3.30. The summed E-state index contributed by atoms with van der Waals surface area (Å²) >= 11 is 0.